The number of amides is 1. The fourth-order valence-corrected chi connectivity index (χ4v) is 4.00. The molecule has 0 atom stereocenters. The quantitative estimate of drug-likeness (QED) is 0.489. The minimum atomic E-state index is -3.68. The van der Waals surface area contributed by atoms with Gasteiger partial charge in [0.1, 0.15) is 0 Å². The molecule has 0 radical (unpaired) electrons. The van der Waals surface area contributed by atoms with E-state index in [1.165, 1.54) is 0 Å². The summed E-state index contributed by atoms with van der Waals surface area (Å²) in [5.41, 5.74) is 0. The van der Waals surface area contributed by atoms with Crippen molar-refractivity contribution in [3.8, 4) is 0 Å². The van der Waals surface area contributed by atoms with Gasteiger partial charge in [0.25, 0.3) is 10.0 Å². The van der Waals surface area contributed by atoms with Crippen LogP contribution in [0.1, 0.15) is 19.8 Å². The Morgan fingerprint density at radius 1 is 1.35 bits per heavy atom. The van der Waals surface area contributed by atoms with Gasteiger partial charge in [-0.2, -0.15) is 0 Å². The van der Waals surface area contributed by atoms with Crippen LogP contribution in [0.3, 0.4) is 0 Å². The molecule has 2 heterocycles. The molecule has 0 spiro atoms. The first kappa shape index (κ1) is 18.2. The summed E-state index contributed by atoms with van der Waals surface area (Å²) in [5.74, 6) is -0.233. The number of nitrogens with zero attached hydrogens (tertiary/aromatic N) is 3. The summed E-state index contributed by atoms with van der Waals surface area (Å²) >= 11 is 0.838. The summed E-state index contributed by atoms with van der Waals surface area (Å²) in [6.07, 6.45) is 0.999. The molecule has 2 rings (SSSR count). The summed E-state index contributed by atoms with van der Waals surface area (Å²) in [4.78, 5) is 13.5. The van der Waals surface area contributed by atoms with E-state index < -0.39 is 10.0 Å². The van der Waals surface area contributed by atoms with Gasteiger partial charge < -0.3 is 10.1 Å². The molecule has 130 valence electrons. The van der Waals surface area contributed by atoms with E-state index in [0.29, 0.717) is 19.4 Å². The SMILES string of the molecule is CCC(=O)Nc1nnc(S(=O)(=O)NCCCN2CCOCC2)s1. The van der Waals surface area contributed by atoms with Crippen molar-refractivity contribution in [3.63, 3.8) is 0 Å². The number of carbonyl (C=O) groups excluding carboxylic acids is 1. The molecule has 1 aromatic heterocycles. The fourth-order valence-electron chi connectivity index (χ4n) is 1.97. The highest BCUT2D eigenvalue weighted by atomic mass is 32.2. The Morgan fingerprint density at radius 2 is 2.09 bits per heavy atom. The number of hydrogen-bond donors (Lipinski definition) is 2. The predicted octanol–water partition coefficient (Wildman–Crippen LogP) is -0.113. The summed E-state index contributed by atoms with van der Waals surface area (Å²) < 4.78 is 31.8. The number of carbonyl (C=O) groups is 1. The van der Waals surface area contributed by atoms with Gasteiger partial charge in [0, 0.05) is 26.1 Å². The van der Waals surface area contributed by atoms with E-state index in [9.17, 15) is 13.2 Å². The molecule has 0 aromatic carbocycles. The Bertz CT molecular complexity index is 613. The number of morpholine rings is 1. The van der Waals surface area contributed by atoms with Gasteiger partial charge in [-0.1, -0.05) is 18.3 Å². The van der Waals surface area contributed by atoms with Crippen LogP contribution < -0.4 is 10.0 Å². The first-order valence-corrected chi connectivity index (χ1v) is 9.74. The van der Waals surface area contributed by atoms with Gasteiger partial charge in [-0.05, 0) is 13.0 Å². The van der Waals surface area contributed by atoms with Crippen LogP contribution in [0.15, 0.2) is 4.34 Å². The number of rotatable bonds is 8. The minimum absolute atomic E-state index is 0.143. The number of aromatic nitrogens is 2. The number of nitrogens with one attached hydrogen (secondary N) is 2. The lowest BCUT2D eigenvalue weighted by Crippen LogP contribution is -2.38. The highest BCUT2D eigenvalue weighted by Crippen LogP contribution is 2.19. The van der Waals surface area contributed by atoms with E-state index >= 15 is 0 Å². The zero-order valence-electron chi connectivity index (χ0n) is 12.9. The van der Waals surface area contributed by atoms with Gasteiger partial charge in [0.15, 0.2) is 0 Å². The van der Waals surface area contributed by atoms with Crippen LogP contribution >= 0.6 is 11.3 Å². The highest BCUT2D eigenvalue weighted by molar-refractivity contribution is 7.91. The maximum Gasteiger partial charge on any atom is 0.269 e. The van der Waals surface area contributed by atoms with E-state index in [0.717, 1.165) is 44.2 Å². The molecule has 1 aliphatic heterocycles. The molecular formula is C12H21N5O4S2. The first-order valence-electron chi connectivity index (χ1n) is 7.44. The Morgan fingerprint density at radius 3 is 2.78 bits per heavy atom. The topological polar surface area (TPSA) is 114 Å². The lowest BCUT2D eigenvalue weighted by Gasteiger charge is -2.26. The van der Waals surface area contributed by atoms with Crippen LogP contribution in [-0.2, 0) is 19.6 Å². The molecule has 2 N–H and O–H groups in total. The van der Waals surface area contributed by atoms with E-state index in [1.807, 2.05) is 0 Å². The molecular weight excluding hydrogens is 342 g/mol. The zero-order valence-corrected chi connectivity index (χ0v) is 14.6. The summed E-state index contributed by atoms with van der Waals surface area (Å²) in [6.45, 7) is 6.05. The number of hydrogen-bond acceptors (Lipinski definition) is 8. The largest absolute Gasteiger partial charge is 0.379 e. The third-order valence-electron chi connectivity index (χ3n) is 3.25. The number of ether oxygens (including phenoxy) is 1. The van der Waals surface area contributed by atoms with Gasteiger partial charge in [0.05, 0.1) is 13.2 Å². The standard InChI is InChI=1S/C12H21N5O4S2/c1-2-10(18)14-11-15-16-12(22-11)23(19,20)13-4-3-5-17-6-8-21-9-7-17/h13H,2-9H2,1H3,(H,14,15,18). The Balaban J connectivity index is 1.78. The molecule has 0 bridgehead atoms. The Hall–Kier alpha value is -1.14. The normalized spacial score (nSPS) is 16.4. The van der Waals surface area contributed by atoms with Gasteiger partial charge in [-0.25, -0.2) is 13.1 Å². The molecule has 9 nitrogen and oxygen atoms in total. The average Bonchev–Trinajstić information content (AvgIpc) is 3.02. The monoisotopic (exact) mass is 363 g/mol. The van der Waals surface area contributed by atoms with Crippen LogP contribution in [0.5, 0.6) is 0 Å². The second-order valence-electron chi connectivity index (χ2n) is 4.98. The third-order valence-corrected chi connectivity index (χ3v) is 5.92. The zero-order chi connectivity index (χ0) is 16.7. The maximum absolute atomic E-state index is 12.1. The van der Waals surface area contributed by atoms with Gasteiger partial charge in [0.2, 0.25) is 15.4 Å². The van der Waals surface area contributed by atoms with Gasteiger partial charge in [-0.15, -0.1) is 10.2 Å². The first-order chi connectivity index (χ1) is 11.0. The summed E-state index contributed by atoms with van der Waals surface area (Å²) in [5, 5.41) is 9.96. The van der Waals surface area contributed by atoms with Crippen LogP contribution in [-0.4, -0.2) is 68.8 Å². The van der Waals surface area contributed by atoms with Crippen molar-refractivity contribution < 1.29 is 17.9 Å². The van der Waals surface area contributed by atoms with Crippen molar-refractivity contribution in [2.24, 2.45) is 0 Å². The average molecular weight is 363 g/mol. The van der Waals surface area contributed by atoms with Crippen LogP contribution in [0.4, 0.5) is 5.13 Å². The lowest BCUT2D eigenvalue weighted by molar-refractivity contribution is -0.115. The van der Waals surface area contributed by atoms with Crippen molar-refractivity contribution in [1.29, 1.82) is 0 Å². The van der Waals surface area contributed by atoms with Crippen molar-refractivity contribution >= 4 is 32.4 Å². The van der Waals surface area contributed by atoms with Crippen molar-refractivity contribution in [3.05, 3.63) is 0 Å². The lowest BCUT2D eigenvalue weighted by atomic mass is 10.3. The van der Waals surface area contributed by atoms with E-state index in [1.54, 1.807) is 6.92 Å². The predicted molar refractivity (Wildman–Crippen MR) is 85.9 cm³/mol. The molecule has 0 unspecified atom stereocenters. The van der Waals surface area contributed by atoms with E-state index in [2.05, 4.69) is 25.1 Å². The van der Waals surface area contributed by atoms with Gasteiger partial charge in [-0.3, -0.25) is 9.69 Å². The second-order valence-corrected chi connectivity index (χ2v) is 7.90. The van der Waals surface area contributed by atoms with Gasteiger partial charge >= 0.3 is 0 Å². The minimum Gasteiger partial charge on any atom is -0.379 e. The highest BCUT2D eigenvalue weighted by Gasteiger charge is 2.20. The molecule has 11 heteroatoms. The van der Waals surface area contributed by atoms with Crippen molar-refractivity contribution in [2.45, 2.75) is 24.1 Å². The fraction of sp³-hybridized carbons (Fsp3) is 0.750. The third kappa shape index (κ3) is 5.77. The van der Waals surface area contributed by atoms with Crippen molar-refractivity contribution in [2.75, 3.05) is 44.7 Å². The molecule has 1 saturated heterocycles. The molecule has 23 heavy (non-hydrogen) atoms. The van der Waals surface area contributed by atoms with E-state index in [-0.39, 0.29) is 15.4 Å². The van der Waals surface area contributed by atoms with Crippen LogP contribution in [0.25, 0.3) is 0 Å². The molecule has 0 aliphatic carbocycles. The maximum atomic E-state index is 12.1. The van der Waals surface area contributed by atoms with Crippen molar-refractivity contribution in [1.82, 2.24) is 19.8 Å². The smallest absolute Gasteiger partial charge is 0.269 e. The number of sulfonamides is 1. The molecule has 1 aromatic rings. The Kier molecular flexibility index (Phi) is 6.84. The molecule has 1 aliphatic rings. The van der Waals surface area contributed by atoms with Crippen LogP contribution in [0.2, 0.25) is 0 Å². The molecule has 1 fully saturated rings. The second kappa shape index (κ2) is 8.64. The van der Waals surface area contributed by atoms with Crippen LogP contribution in [0, 0.1) is 0 Å². The Labute approximate surface area is 139 Å². The molecule has 0 saturated carbocycles. The summed E-state index contributed by atoms with van der Waals surface area (Å²) in [7, 11) is -3.68. The van der Waals surface area contributed by atoms with E-state index in [4.69, 9.17) is 4.74 Å². The number of anilines is 1. The summed E-state index contributed by atoms with van der Waals surface area (Å²) in [6, 6.07) is 0. The molecule has 1 amide bonds.